The number of halogens is 3. The van der Waals surface area contributed by atoms with Crippen LogP contribution in [0.1, 0.15) is 17.0 Å². The molecule has 2 aromatic carbocycles. The number of anilines is 1. The van der Waals surface area contributed by atoms with Gasteiger partial charge in [-0.25, -0.2) is 4.39 Å². The monoisotopic (exact) mass is 427 g/mol. The zero-order chi connectivity index (χ0) is 21.1. The summed E-state index contributed by atoms with van der Waals surface area (Å²) in [5, 5.41) is 12.8. The van der Waals surface area contributed by atoms with E-state index < -0.39 is 5.91 Å². The lowest BCUT2D eigenvalue weighted by Crippen LogP contribution is -2.13. The predicted octanol–water partition coefficient (Wildman–Crippen LogP) is 6.09. The molecule has 1 aromatic heterocycles. The van der Waals surface area contributed by atoms with Crippen molar-refractivity contribution in [3.63, 3.8) is 0 Å². The molecule has 3 rings (SSSR count). The number of aromatic nitrogens is 1. The lowest BCUT2D eigenvalue weighted by Gasteiger charge is -2.09. The van der Waals surface area contributed by atoms with E-state index in [1.54, 1.807) is 24.3 Å². The first-order chi connectivity index (χ1) is 13.8. The highest BCUT2D eigenvalue weighted by Crippen LogP contribution is 2.27. The Kier molecular flexibility index (Phi) is 6.07. The topological polar surface area (TPSA) is 57.8 Å². The van der Waals surface area contributed by atoms with Crippen LogP contribution in [0.25, 0.3) is 11.8 Å². The number of rotatable bonds is 4. The average Bonchev–Trinajstić information content (AvgIpc) is 2.96. The summed E-state index contributed by atoms with van der Waals surface area (Å²) in [6.45, 7) is 3.76. The minimum Gasteiger partial charge on any atom is -0.320 e. The number of hydrogen-bond donors (Lipinski definition) is 1. The molecule has 1 heterocycles. The summed E-state index contributed by atoms with van der Waals surface area (Å²) in [7, 11) is 0. The van der Waals surface area contributed by atoms with Gasteiger partial charge in [0, 0.05) is 22.1 Å². The molecule has 0 spiro atoms. The Labute approximate surface area is 177 Å². The Balaban J connectivity index is 1.93. The van der Waals surface area contributed by atoms with Gasteiger partial charge in [0.2, 0.25) is 0 Å². The van der Waals surface area contributed by atoms with E-state index in [-0.39, 0.29) is 16.4 Å². The Morgan fingerprint density at radius 1 is 1.14 bits per heavy atom. The van der Waals surface area contributed by atoms with E-state index in [0.717, 1.165) is 17.1 Å². The third-order valence-electron chi connectivity index (χ3n) is 4.40. The van der Waals surface area contributed by atoms with Crippen molar-refractivity contribution in [1.29, 1.82) is 5.26 Å². The number of carbonyl (C=O) groups excluding carboxylic acids is 1. The number of benzene rings is 2. The largest absolute Gasteiger partial charge is 0.320 e. The fourth-order valence-electron chi connectivity index (χ4n) is 3.01. The minimum absolute atomic E-state index is 0.0737. The third-order valence-corrected chi connectivity index (χ3v) is 4.95. The first kappa shape index (κ1) is 20.7. The normalized spacial score (nSPS) is 11.2. The molecule has 1 N–H and O–H groups in total. The van der Waals surface area contributed by atoms with Crippen LogP contribution < -0.4 is 5.32 Å². The van der Waals surface area contributed by atoms with Crippen molar-refractivity contribution < 1.29 is 9.18 Å². The van der Waals surface area contributed by atoms with Crippen molar-refractivity contribution in [1.82, 2.24) is 4.57 Å². The molecule has 1 amide bonds. The van der Waals surface area contributed by atoms with E-state index in [0.29, 0.717) is 16.3 Å². The molecule has 0 saturated heterocycles. The Hall–Kier alpha value is -3.07. The minimum atomic E-state index is -0.580. The van der Waals surface area contributed by atoms with Crippen molar-refractivity contribution in [2.75, 3.05) is 5.32 Å². The van der Waals surface area contributed by atoms with Crippen LogP contribution in [0.5, 0.6) is 0 Å². The summed E-state index contributed by atoms with van der Waals surface area (Å²) in [5.74, 6) is -0.899. The Morgan fingerprint density at radius 3 is 2.45 bits per heavy atom. The molecule has 29 heavy (non-hydrogen) atoms. The van der Waals surface area contributed by atoms with Crippen molar-refractivity contribution in [2.24, 2.45) is 0 Å². The van der Waals surface area contributed by atoms with Gasteiger partial charge in [-0.2, -0.15) is 5.26 Å². The first-order valence-corrected chi connectivity index (χ1v) is 9.39. The van der Waals surface area contributed by atoms with Gasteiger partial charge in [0.25, 0.3) is 5.91 Å². The van der Waals surface area contributed by atoms with Gasteiger partial charge in [0.05, 0.1) is 10.7 Å². The molecule has 0 fully saturated rings. The van der Waals surface area contributed by atoms with Gasteiger partial charge in [0.15, 0.2) is 0 Å². The maximum Gasteiger partial charge on any atom is 0.266 e. The zero-order valence-corrected chi connectivity index (χ0v) is 17.1. The fraction of sp³-hybridized carbons (Fsp3) is 0.0909. The summed E-state index contributed by atoms with van der Waals surface area (Å²) < 4.78 is 15.2. The summed E-state index contributed by atoms with van der Waals surface area (Å²) in [4.78, 5) is 12.6. The molecular weight excluding hydrogens is 412 g/mol. The molecule has 146 valence electrons. The first-order valence-electron chi connectivity index (χ1n) is 8.63. The maximum atomic E-state index is 13.2. The highest BCUT2D eigenvalue weighted by molar-refractivity contribution is 6.36. The lowest BCUT2D eigenvalue weighted by molar-refractivity contribution is -0.112. The third kappa shape index (κ3) is 4.51. The van der Waals surface area contributed by atoms with Crippen LogP contribution in [-0.4, -0.2) is 10.5 Å². The second kappa shape index (κ2) is 8.52. The number of aryl methyl sites for hydroxylation is 1. The number of carbonyl (C=O) groups is 1. The molecule has 4 nitrogen and oxygen atoms in total. The molecule has 0 radical (unpaired) electrons. The number of nitrogens with one attached hydrogen (secondary N) is 1. The quantitative estimate of drug-likeness (QED) is 0.404. The van der Waals surface area contributed by atoms with Crippen LogP contribution in [0.3, 0.4) is 0 Å². The average molecular weight is 428 g/mol. The highest BCUT2D eigenvalue weighted by Gasteiger charge is 2.15. The second-order valence-electron chi connectivity index (χ2n) is 6.39. The van der Waals surface area contributed by atoms with Crippen LogP contribution in [0.4, 0.5) is 10.1 Å². The summed E-state index contributed by atoms with van der Waals surface area (Å²) in [6.07, 6.45) is 1.52. The molecular formula is C22H16Cl2FN3O. The molecule has 0 aliphatic heterocycles. The fourth-order valence-corrected chi connectivity index (χ4v) is 3.46. The lowest BCUT2D eigenvalue weighted by atomic mass is 10.1. The zero-order valence-electron chi connectivity index (χ0n) is 15.6. The standard InChI is InChI=1S/C22H16Cl2FN3O/c1-13-9-15(14(2)28(13)19-6-4-18(25)5-7-19)10-16(12-26)22(29)27-21-8-3-17(23)11-20(21)24/h3-11H,1-2H3,(H,27,29)/b16-10-. The van der Waals surface area contributed by atoms with E-state index in [9.17, 15) is 14.4 Å². The van der Waals surface area contributed by atoms with Crippen molar-refractivity contribution in [3.05, 3.63) is 86.9 Å². The number of nitrogens with zero attached hydrogens (tertiary/aromatic N) is 2. The van der Waals surface area contributed by atoms with E-state index in [2.05, 4.69) is 5.32 Å². The van der Waals surface area contributed by atoms with Gasteiger partial charge >= 0.3 is 0 Å². The predicted molar refractivity (Wildman–Crippen MR) is 114 cm³/mol. The molecule has 3 aromatic rings. The van der Waals surface area contributed by atoms with Gasteiger partial charge in [-0.3, -0.25) is 4.79 Å². The van der Waals surface area contributed by atoms with E-state index in [1.807, 2.05) is 30.6 Å². The number of hydrogen-bond acceptors (Lipinski definition) is 2. The highest BCUT2D eigenvalue weighted by atomic mass is 35.5. The molecule has 0 unspecified atom stereocenters. The molecule has 0 aliphatic rings. The van der Waals surface area contributed by atoms with Crippen LogP contribution in [0, 0.1) is 31.0 Å². The Bertz CT molecular complexity index is 1160. The molecule has 0 atom stereocenters. The number of amides is 1. The molecule has 0 bridgehead atoms. The van der Waals surface area contributed by atoms with Crippen LogP contribution >= 0.6 is 23.2 Å². The van der Waals surface area contributed by atoms with Gasteiger partial charge in [-0.05, 0) is 74.0 Å². The number of nitriles is 1. The Morgan fingerprint density at radius 2 is 1.83 bits per heavy atom. The SMILES string of the molecule is Cc1cc(/C=C(/C#N)C(=O)Nc2ccc(Cl)cc2Cl)c(C)n1-c1ccc(F)cc1. The van der Waals surface area contributed by atoms with Gasteiger partial charge in [0.1, 0.15) is 17.5 Å². The summed E-state index contributed by atoms with van der Waals surface area (Å²) in [5.41, 5.74) is 3.49. The van der Waals surface area contributed by atoms with Crippen LogP contribution in [0.2, 0.25) is 10.0 Å². The smallest absolute Gasteiger partial charge is 0.266 e. The van der Waals surface area contributed by atoms with Crippen LogP contribution in [0.15, 0.2) is 54.1 Å². The molecule has 0 saturated carbocycles. The van der Waals surface area contributed by atoms with Gasteiger partial charge < -0.3 is 9.88 Å². The van der Waals surface area contributed by atoms with Crippen molar-refractivity contribution in [3.8, 4) is 11.8 Å². The van der Waals surface area contributed by atoms with Crippen molar-refractivity contribution >= 4 is 40.9 Å². The van der Waals surface area contributed by atoms with E-state index in [4.69, 9.17) is 23.2 Å². The second-order valence-corrected chi connectivity index (χ2v) is 7.23. The van der Waals surface area contributed by atoms with Gasteiger partial charge in [-0.15, -0.1) is 0 Å². The van der Waals surface area contributed by atoms with Crippen molar-refractivity contribution in [2.45, 2.75) is 13.8 Å². The molecule has 7 heteroatoms. The van der Waals surface area contributed by atoms with E-state index in [1.165, 1.54) is 24.3 Å². The maximum absolute atomic E-state index is 13.2. The summed E-state index contributed by atoms with van der Waals surface area (Å²) in [6, 6.07) is 14.6. The van der Waals surface area contributed by atoms with Gasteiger partial charge in [-0.1, -0.05) is 23.2 Å². The molecule has 0 aliphatic carbocycles. The summed E-state index contributed by atoms with van der Waals surface area (Å²) >= 11 is 11.9. The van der Waals surface area contributed by atoms with E-state index >= 15 is 0 Å². The van der Waals surface area contributed by atoms with Crippen LogP contribution in [-0.2, 0) is 4.79 Å².